The Labute approximate surface area is 108 Å². The van der Waals surface area contributed by atoms with E-state index >= 15 is 0 Å². The molecule has 2 aliphatic carbocycles. The van der Waals surface area contributed by atoms with Gasteiger partial charge in [0.25, 0.3) is 0 Å². The third-order valence-corrected chi connectivity index (χ3v) is 4.06. The highest BCUT2D eigenvalue weighted by atomic mass is 16.3. The number of carbonyl (C=O) groups is 2. The summed E-state index contributed by atoms with van der Waals surface area (Å²) in [5.41, 5.74) is 0.660. The van der Waals surface area contributed by atoms with Crippen LogP contribution in [0.3, 0.4) is 0 Å². The summed E-state index contributed by atoms with van der Waals surface area (Å²) in [7, 11) is 0. The Kier molecular flexibility index (Phi) is 3.53. The maximum Gasteiger partial charge on any atom is 0.161 e. The standard InChI is InChI=1S/C15H20O3/c1-15(2)7-3-4-13(17)12(15)6-5-10-8-11(16)9-14(10)18/h3-4,8,11-12,16H,5-7,9H2,1-2H3/t11-,12-/m1/s1. The van der Waals surface area contributed by atoms with Crippen molar-refractivity contribution in [2.45, 2.75) is 45.6 Å². The molecule has 0 aromatic heterocycles. The molecule has 2 rings (SSSR count). The molecule has 0 saturated heterocycles. The maximum atomic E-state index is 11.9. The van der Waals surface area contributed by atoms with Crippen LogP contribution in [0.4, 0.5) is 0 Å². The van der Waals surface area contributed by atoms with E-state index in [9.17, 15) is 14.7 Å². The average molecular weight is 248 g/mol. The second-order valence-corrected chi connectivity index (χ2v) is 5.98. The summed E-state index contributed by atoms with van der Waals surface area (Å²) in [5, 5.41) is 9.39. The molecule has 0 aliphatic heterocycles. The van der Waals surface area contributed by atoms with Crippen molar-refractivity contribution in [2.24, 2.45) is 11.3 Å². The highest BCUT2D eigenvalue weighted by Crippen LogP contribution is 2.39. The minimum absolute atomic E-state index is 0.0195. The number of rotatable bonds is 3. The van der Waals surface area contributed by atoms with Gasteiger partial charge in [0.05, 0.1) is 6.10 Å². The number of aliphatic hydroxyl groups is 1. The van der Waals surface area contributed by atoms with Crippen LogP contribution in [0.25, 0.3) is 0 Å². The number of Topliss-reactive ketones (excluding diaryl/α,β-unsaturated/α-hetero) is 1. The Morgan fingerprint density at radius 1 is 1.39 bits per heavy atom. The van der Waals surface area contributed by atoms with Gasteiger partial charge in [-0.15, -0.1) is 0 Å². The monoisotopic (exact) mass is 248 g/mol. The first-order valence-corrected chi connectivity index (χ1v) is 6.52. The summed E-state index contributed by atoms with van der Waals surface area (Å²) >= 11 is 0. The molecule has 0 aromatic carbocycles. The summed E-state index contributed by atoms with van der Waals surface area (Å²) in [6.07, 6.45) is 7.01. The Hall–Kier alpha value is -1.22. The molecular formula is C15H20O3. The van der Waals surface area contributed by atoms with Crippen molar-refractivity contribution >= 4 is 11.6 Å². The molecule has 0 fully saturated rings. The molecular weight excluding hydrogens is 228 g/mol. The van der Waals surface area contributed by atoms with Gasteiger partial charge in [0.2, 0.25) is 0 Å². The lowest BCUT2D eigenvalue weighted by Crippen LogP contribution is -2.32. The van der Waals surface area contributed by atoms with Crippen LogP contribution in [-0.4, -0.2) is 22.8 Å². The van der Waals surface area contributed by atoms with Crippen LogP contribution >= 0.6 is 0 Å². The minimum Gasteiger partial charge on any atom is -0.389 e. The molecule has 0 bridgehead atoms. The molecule has 1 N–H and O–H groups in total. The number of aliphatic hydroxyl groups excluding tert-OH is 1. The number of hydrogen-bond donors (Lipinski definition) is 1. The number of allylic oxidation sites excluding steroid dienone is 3. The van der Waals surface area contributed by atoms with E-state index in [0.29, 0.717) is 18.4 Å². The van der Waals surface area contributed by atoms with Crippen LogP contribution in [0.5, 0.6) is 0 Å². The van der Waals surface area contributed by atoms with E-state index < -0.39 is 6.10 Å². The van der Waals surface area contributed by atoms with Gasteiger partial charge in [-0.3, -0.25) is 9.59 Å². The van der Waals surface area contributed by atoms with Gasteiger partial charge in [0.15, 0.2) is 11.6 Å². The van der Waals surface area contributed by atoms with Crippen molar-refractivity contribution < 1.29 is 14.7 Å². The Morgan fingerprint density at radius 2 is 2.11 bits per heavy atom. The predicted molar refractivity (Wildman–Crippen MR) is 69.0 cm³/mol. The minimum atomic E-state index is -0.623. The highest BCUT2D eigenvalue weighted by Gasteiger charge is 2.36. The second-order valence-electron chi connectivity index (χ2n) is 5.98. The summed E-state index contributed by atoms with van der Waals surface area (Å²) in [6, 6.07) is 0. The SMILES string of the molecule is CC1(C)CC=CC(=O)[C@H]1CCC1=C[C@@H](O)CC1=O. The Bertz CT molecular complexity index is 429. The third kappa shape index (κ3) is 2.61. The van der Waals surface area contributed by atoms with E-state index in [1.165, 1.54) is 0 Å². The lowest BCUT2D eigenvalue weighted by Gasteiger charge is -2.34. The van der Waals surface area contributed by atoms with Crippen LogP contribution in [0.2, 0.25) is 0 Å². The fraction of sp³-hybridized carbons (Fsp3) is 0.600. The predicted octanol–water partition coefficient (Wildman–Crippen LogP) is 2.20. The van der Waals surface area contributed by atoms with E-state index in [0.717, 1.165) is 6.42 Å². The van der Waals surface area contributed by atoms with E-state index in [4.69, 9.17) is 0 Å². The van der Waals surface area contributed by atoms with Gasteiger partial charge >= 0.3 is 0 Å². The maximum absolute atomic E-state index is 11.9. The third-order valence-electron chi connectivity index (χ3n) is 4.06. The summed E-state index contributed by atoms with van der Waals surface area (Å²) in [5.74, 6) is 0.172. The lowest BCUT2D eigenvalue weighted by molar-refractivity contribution is -0.123. The molecule has 0 heterocycles. The number of carbonyl (C=O) groups excluding carboxylic acids is 2. The molecule has 0 spiro atoms. The topological polar surface area (TPSA) is 54.4 Å². The zero-order valence-corrected chi connectivity index (χ0v) is 11.0. The molecule has 2 aliphatic rings. The number of hydrogen-bond acceptors (Lipinski definition) is 3. The quantitative estimate of drug-likeness (QED) is 0.833. The van der Waals surface area contributed by atoms with Crippen molar-refractivity contribution in [2.75, 3.05) is 0 Å². The van der Waals surface area contributed by atoms with Crippen LogP contribution < -0.4 is 0 Å². The molecule has 0 unspecified atom stereocenters. The van der Waals surface area contributed by atoms with E-state index in [2.05, 4.69) is 13.8 Å². The molecule has 0 saturated carbocycles. The fourth-order valence-corrected chi connectivity index (χ4v) is 2.88. The van der Waals surface area contributed by atoms with Crippen molar-refractivity contribution in [3.8, 4) is 0 Å². The van der Waals surface area contributed by atoms with Crippen LogP contribution in [0.15, 0.2) is 23.8 Å². The molecule has 3 heteroatoms. The van der Waals surface area contributed by atoms with Crippen molar-refractivity contribution in [1.29, 1.82) is 0 Å². The van der Waals surface area contributed by atoms with Crippen LogP contribution in [-0.2, 0) is 9.59 Å². The lowest BCUT2D eigenvalue weighted by atomic mass is 9.69. The normalized spacial score (nSPS) is 30.7. The van der Waals surface area contributed by atoms with E-state index in [-0.39, 0.29) is 29.3 Å². The van der Waals surface area contributed by atoms with Gasteiger partial charge in [-0.05, 0) is 42.4 Å². The first kappa shape index (κ1) is 13.2. The molecule has 3 nitrogen and oxygen atoms in total. The first-order valence-electron chi connectivity index (χ1n) is 6.52. The van der Waals surface area contributed by atoms with Crippen molar-refractivity contribution in [3.63, 3.8) is 0 Å². The largest absolute Gasteiger partial charge is 0.389 e. The Morgan fingerprint density at radius 3 is 2.67 bits per heavy atom. The number of ketones is 2. The smallest absolute Gasteiger partial charge is 0.161 e. The average Bonchev–Trinajstić information content (AvgIpc) is 2.56. The van der Waals surface area contributed by atoms with Gasteiger partial charge in [0.1, 0.15) is 0 Å². The zero-order chi connectivity index (χ0) is 13.3. The second kappa shape index (κ2) is 4.81. The van der Waals surface area contributed by atoms with Gasteiger partial charge in [-0.1, -0.05) is 19.9 Å². The fourth-order valence-electron chi connectivity index (χ4n) is 2.88. The Balaban J connectivity index is 2.01. The van der Waals surface area contributed by atoms with Gasteiger partial charge in [0, 0.05) is 12.3 Å². The molecule has 0 radical (unpaired) electrons. The van der Waals surface area contributed by atoms with E-state index in [1.54, 1.807) is 12.2 Å². The molecule has 0 amide bonds. The van der Waals surface area contributed by atoms with Crippen LogP contribution in [0, 0.1) is 11.3 Å². The van der Waals surface area contributed by atoms with Gasteiger partial charge in [-0.25, -0.2) is 0 Å². The van der Waals surface area contributed by atoms with E-state index in [1.807, 2.05) is 6.08 Å². The van der Waals surface area contributed by atoms with Crippen LogP contribution in [0.1, 0.15) is 39.5 Å². The zero-order valence-electron chi connectivity index (χ0n) is 11.0. The van der Waals surface area contributed by atoms with Gasteiger partial charge in [-0.2, -0.15) is 0 Å². The van der Waals surface area contributed by atoms with Gasteiger partial charge < -0.3 is 5.11 Å². The molecule has 98 valence electrons. The van der Waals surface area contributed by atoms with Crippen molar-refractivity contribution in [3.05, 3.63) is 23.8 Å². The van der Waals surface area contributed by atoms with Crippen molar-refractivity contribution in [1.82, 2.24) is 0 Å². The summed E-state index contributed by atoms with van der Waals surface area (Å²) in [4.78, 5) is 23.5. The first-order chi connectivity index (χ1) is 8.40. The summed E-state index contributed by atoms with van der Waals surface area (Å²) in [6.45, 7) is 4.19. The highest BCUT2D eigenvalue weighted by molar-refractivity contribution is 5.98. The molecule has 2 atom stereocenters. The molecule has 0 aromatic rings. The summed E-state index contributed by atoms with van der Waals surface area (Å²) < 4.78 is 0. The molecule has 18 heavy (non-hydrogen) atoms.